The van der Waals surface area contributed by atoms with Crippen LogP contribution in [0.3, 0.4) is 0 Å². The largest absolute Gasteiger partial charge is 0.494 e. The van der Waals surface area contributed by atoms with Crippen molar-refractivity contribution in [1.82, 2.24) is 0 Å². The Morgan fingerprint density at radius 1 is 1.40 bits per heavy atom. The molecular weight excluding hydrogens is 331 g/mol. The van der Waals surface area contributed by atoms with Crippen molar-refractivity contribution in [2.75, 3.05) is 20.3 Å². The lowest BCUT2D eigenvalue weighted by atomic mass is 10.2. The van der Waals surface area contributed by atoms with E-state index in [1.165, 1.54) is 13.2 Å². The summed E-state index contributed by atoms with van der Waals surface area (Å²) >= 11 is 5.80. The van der Waals surface area contributed by atoms with E-state index in [0.717, 1.165) is 6.07 Å². The molecule has 0 atom stereocenters. The molecule has 9 heteroatoms. The molecule has 1 aliphatic heterocycles. The van der Waals surface area contributed by atoms with E-state index in [9.17, 15) is 13.2 Å². The molecule has 2 rings (SSSR count). The molecular formula is C11H10Cl2O6S. The van der Waals surface area contributed by atoms with Crippen molar-refractivity contribution in [3.8, 4) is 5.75 Å². The van der Waals surface area contributed by atoms with Gasteiger partial charge in [0.2, 0.25) is 0 Å². The lowest BCUT2D eigenvalue weighted by Crippen LogP contribution is -2.37. The first-order valence-corrected chi connectivity index (χ1v) is 8.12. The second-order valence-corrected chi connectivity index (χ2v) is 6.96. The molecule has 6 nitrogen and oxygen atoms in total. The summed E-state index contributed by atoms with van der Waals surface area (Å²) in [5.41, 5.74) is -0.105. The number of methoxy groups -OCH3 is 1. The van der Waals surface area contributed by atoms with Crippen LogP contribution < -0.4 is 4.74 Å². The van der Waals surface area contributed by atoms with Gasteiger partial charge in [-0.2, -0.15) is 0 Å². The molecule has 0 N–H and O–H groups in total. The lowest BCUT2D eigenvalue weighted by molar-refractivity contribution is -0.103. The molecule has 0 radical (unpaired) electrons. The maximum absolute atomic E-state index is 12.0. The predicted molar refractivity (Wildman–Crippen MR) is 71.1 cm³/mol. The van der Waals surface area contributed by atoms with E-state index >= 15 is 0 Å². The van der Waals surface area contributed by atoms with Gasteiger partial charge in [-0.25, -0.2) is 13.2 Å². The average Bonchev–Trinajstić information content (AvgIpc) is 2.31. The number of benzene rings is 1. The van der Waals surface area contributed by atoms with Gasteiger partial charge in [-0.3, -0.25) is 0 Å². The minimum atomic E-state index is -4.11. The lowest BCUT2D eigenvalue weighted by Gasteiger charge is -2.26. The normalized spacial score (nSPS) is 15.6. The highest BCUT2D eigenvalue weighted by molar-refractivity contribution is 8.13. The molecule has 1 heterocycles. The second kappa shape index (κ2) is 5.77. The minimum absolute atomic E-state index is 0.0295. The fourth-order valence-electron chi connectivity index (χ4n) is 1.61. The Hall–Kier alpha value is -1.02. The van der Waals surface area contributed by atoms with Crippen LogP contribution in [0.1, 0.15) is 10.4 Å². The fraction of sp³-hybridized carbons (Fsp3) is 0.364. The van der Waals surface area contributed by atoms with Crippen LogP contribution in [0.4, 0.5) is 0 Å². The molecule has 110 valence electrons. The summed E-state index contributed by atoms with van der Waals surface area (Å²) in [6.07, 6.45) is -0.359. The third-order valence-corrected chi connectivity index (χ3v) is 4.13. The number of ether oxygens (including phenoxy) is 3. The summed E-state index contributed by atoms with van der Waals surface area (Å²) in [4.78, 5) is 11.6. The number of rotatable bonds is 4. The van der Waals surface area contributed by atoms with E-state index in [1.54, 1.807) is 0 Å². The van der Waals surface area contributed by atoms with Crippen LogP contribution in [0.2, 0.25) is 5.02 Å². The van der Waals surface area contributed by atoms with E-state index in [-0.39, 0.29) is 27.3 Å². The van der Waals surface area contributed by atoms with Crippen LogP contribution in [0.5, 0.6) is 5.75 Å². The monoisotopic (exact) mass is 340 g/mol. The highest BCUT2D eigenvalue weighted by atomic mass is 35.7. The van der Waals surface area contributed by atoms with Gasteiger partial charge in [0.1, 0.15) is 16.6 Å². The number of carbonyl (C=O) groups excluding carboxylic acids is 1. The molecule has 1 aliphatic rings. The average molecular weight is 341 g/mol. The number of halogens is 2. The first-order valence-electron chi connectivity index (χ1n) is 5.44. The van der Waals surface area contributed by atoms with Gasteiger partial charge < -0.3 is 14.2 Å². The molecule has 0 aromatic heterocycles. The van der Waals surface area contributed by atoms with Crippen LogP contribution >= 0.6 is 22.3 Å². The first-order chi connectivity index (χ1) is 9.32. The molecule has 0 unspecified atom stereocenters. The van der Waals surface area contributed by atoms with Crippen molar-refractivity contribution >= 4 is 37.3 Å². The van der Waals surface area contributed by atoms with Gasteiger partial charge >= 0.3 is 5.97 Å². The standard InChI is InChI=1S/C11H10Cl2O6S/c1-17-10-8(11(14)19-7-4-18-5-7)2-6(12)3-9(10)20(13,15)16/h2-3,7H,4-5H2,1H3. The van der Waals surface area contributed by atoms with Gasteiger partial charge in [-0.15, -0.1) is 0 Å². The van der Waals surface area contributed by atoms with Gasteiger partial charge in [0.25, 0.3) is 9.05 Å². The zero-order valence-corrected chi connectivity index (χ0v) is 12.6. The Kier molecular flexibility index (Phi) is 4.43. The molecule has 20 heavy (non-hydrogen) atoms. The van der Waals surface area contributed by atoms with Crippen LogP contribution in [0.25, 0.3) is 0 Å². The van der Waals surface area contributed by atoms with E-state index < -0.39 is 15.0 Å². The molecule has 0 spiro atoms. The maximum atomic E-state index is 12.0. The fourth-order valence-corrected chi connectivity index (χ4v) is 2.92. The topological polar surface area (TPSA) is 78.9 Å². The summed E-state index contributed by atoms with van der Waals surface area (Å²) in [5, 5.41) is 0.0295. The minimum Gasteiger partial charge on any atom is -0.494 e. The number of carbonyl (C=O) groups is 1. The van der Waals surface area contributed by atoms with Gasteiger partial charge in [-0.05, 0) is 12.1 Å². The molecule has 1 aromatic rings. The Bertz CT molecular complexity index is 639. The van der Waals surface area contributed by atoms with Gasteiger partial charge in [0, 0.05) is 15.7 Å². The van der Waals surface area contributed by atoms with Gasteiger partial charge in [0.05, 0.1) is 20.3 Å². The molecule has 0 aliphatic carbocycles. The van der Waals surface area contributed by atoms with Crippen molar-refractivity contribution in [1.29, 1.82) is 0 Å². The highest BCUT2D eigenvalue weighted by Crippen LogP contribution is 2.34. The van der Waals surface area contributed by atoms with E-state index in [1.807, 2.05) is 0 Å². The Balaban J connectivity index is 2.45. The molecule has 0 amide bonds. The van der Waals surface area contributed by atoms with Crippen LogP contribution in [-0.2, 0) is 18.5 Å². The number of esters is 1. The number of hydrogen-bond acceptors (Lipinski definition) is 6. The van der Waals surface area contributed by atoms with E-state index in [0.29, 0.717) is 13.2 Å². The summed E-state index contributed by atoms with van der Waals surface area (Å²) in [7, 11) is 2.40. The van der Waals surface area contributed by atoms with E-state index in [2.05, 4.69) is 0 Å². The van der Waals surface area contributed by atoms with Crippen LogP contribution in [-0.4, -0.2) is 40.8 Å². The van der Waals surface area contributed by atoms with Crippen molar-refractivity contribution in [3.63, 3.8) is 0 Å². The zero-order chi connectivity index (χ0) is 14.9. The zero-order valence-electron chi connectivity index (χ0n) is 10.3. The predicted octanol–water partition coefficient (Wildman–Crippen LogP) is 1.83. The summed E-state index contributed by atoms with van der Waals surface area (Å²) < 4.78 is 37.9. The molecule has 1 aromatic carbocycles. The quantitative estimate of drug-likeness (QED) is 0.614. The van der Waals surface area contributed by atoms with Crippen LogP contribution in [0.15, 0.2) is 17.0 Å². The molecule has 0 bridgehead atoms. The highest BCUT2D eigenvalue weighted by Gasteiger charge is 2.29. The summed E-state index contributed by atoms with van der Waals surface area (Å²) in [6, 6.07) is 2.36. The Morgan fingerprint density at radius 2 is 2.05 bits per heavy atom. The Labute approximate surface area is 124 Å². The third-order valence-electron chi connectivity index (χ3n) is 2.59. The molecule has 1 saturated heterocycles. The molecule has 0 saturated carbocycles. The Morgan fingerprint density at radius 3 is 2.50 bits per heavy atom. The maximum Gasteiger partial charge on any atom is 0.342 e. The molecule has 1 fully saturated rings. The summed E-state index contributed by atoms with van der Waals surface area (Å²) in [5.74, 6) is -0.950. The van der Waals surface area contributed by atoms with Crippen molar-refractivity contribution < 1.29 is 27.4 Å². The third kappa shape index (κ3) is 3.17. The number of hydrogen-bond donors (Lipinski definition) is 0. The van der Waals surface area contributed by atoms with Gasteiger partial charge in [0.15, 0.2) is 5.75 Å². The smallest absolute Gasteiger partial charge is 0.342 e. The second-order valence-electron chi connectivity index (χ2n) is 3.99. The van der Waals surface area contributed by atoms with Gasteiger partial charge in [-0.1, -0.05) is 11.6 Å². The van der Waals surface area contributed by atoms with Crippen molar-refractivity contribution in [2.45, 2.75) is 11.0 Å². The van der Waals surface area contributed by atoms with Crippen molar-refractivity contribution in [2.24, 2.45) is 0 Å². The SMILES string of the molecule is COc1c(C(=O)OC2COC2)cc(Cl)cc1S(=O)(=O)Cl. The first kappa shape index (κ1) is 15.4. The summed E-state index contributed by atoms with van der Waals surface area (Å²) in [6.45, 7) is 0.602. The van der Waals surface area contributed by atoms with Crippen molar-refractivity contribution in [3.05, 3.63) is 22.7 Å². The van der Waals surface area contributed by atoms with Crippen LogP contribution in [0, 0.1) is 0 Å². The van der Waals surface area contributed by atoms with E-state index in [4.69, 9.17) is 36.5 Å².